The fourth-order valence-electron chi connectivity index (χ4n) is 3.21. The highest BCUT2D eigenvalue weighted by Crippen LogP contribution is 2.36. The number of hydrogen-bond donors (Lipinski definition) is 1. The highest BCUT2D eigenvalue weighted by atomic mass is 32.2. The highest BCUT2D eigenvalue weighted by molar-refractivity contribution is 7.89. The van der Waals surface area contributed by atoms with E-state index in [2.05, 4.69) is 5.32 Å². The third kappa shape index (κ3) is 4.93. The molecule has 0 aromatic heterocycles. The smallest absolute Gasteiger partial charge is 0.267 e. The quantitative estimate of drug-likeness (QED) is 0.677. The number of amides is 2. The van der Waals surface area contributed by atoms with E-state index in [1.165, 1.54) is 38.4 Å². The Hall–Kier alpha value is -2.95. The summed E-state index contributed by atoms with van der Waals surface area (Å²) in [5.41, 5.74) is 1.41. The molecule has 3 rings (SSSR count). The van der Waals surface area contributed by atoms with Gasteiger partial charge in [-0.15, -0.1) is 0 Å². The molecule has 1 N–H and O–H groups in total. The van der Waals surface area contributed by atoms with Crippen LogP contribution in [-0.2, 0) is 14.8 Å². The number of likely N-dealkylation sites (N-methyl/N-ethyl adjacent to an activating group) is 1. The Balaban J connectivity index is 1.81. The number of ether oxygens (including phenoxy) is 1. The van der Waals surface area contributed by atoms with Gasteiger partial charge in [0.15, 0.2) is 6.10 Å². The Morgan fingerprint density at radius 2 is 1.75 bits per heavy atom. The van der Waals surface area contributed by atoms with E-state index in [9.17, 15) is 18.0 Å². The summed E-state index contributed by atoms with van der Waals surface area (Å²) in [6.45, 7) is 2.88. The average molecular weight is 461 g/mol. The fraction of sp³-hybridized carbons (Fsp3) is 0.364. The Kier molecular flexibility index (Phi) is 6.87. The van der Waals surface area contributed by atoms with Crippen LogP contribution in [0.4, 0.5) is 11.4 Å². The van der Waals surface area contributed by atoms with Gasteiger partial charge in [-0.05, 0) is 63.5 Å². The van der Waals surface area contributed by atoms with Gasteiger partial charge >= 0.3 is 0 Å². The molecule has 0 radical (unpaired) electrons. The lowest BCUT2D eigenvalue weighted by atomic mass is 10.1. The molecule has 1 unspecified atom stereocenters. The fourth-order valence-corrected chi connectivity index (χ4v) is 4.11. The largest absolute Gasteiger partial charge is 0.479 e. The van der Waals surface area contributed by atoms with Crippen LogP contribution in [0, 0.1) is 0 Å². The van der Waals surface area contributed by atoms with Gasteiger partial charge < -0.3 is 19.9 Å². The predicted molar refractivity (Wildman–Crippen MR) is 123 cm³/mol. The monoisotopic (exact) mass is 460 g/mol. The SMILES string of the molecule is CC1Oc2ccc(NC(=O)c3ccc(S(=O)(=O)N(C)C)cc3)cc2N(CCN(C)C)C1=O. The zero-order chi connectivity index (χ0) is 23.6. The molecule has 1 atom stereocenters. The van der Waals surface area contributed by atoms with Crippen molar-refractivity contribution in [2.45, 2.75) is 17.9 Å². The van der Waals surface area contributed by atoms with Crippen LogP contribution in [0.15, 0.2) is 47.4 Å². The molecule has 0 spiro atoms. The van der Waals surface area contributed by atoms with E-state index in [-0.39, 0.29) is 10.8 Å². The first-order valence-corrected chi connectivity index (χ1v) is 11.6. The van der Waals surface area contributed by atoms with Gasteiger partial charge in [0.05, 0.1) is 10.6 Å². The molecule has 1 aliphatic heterocycles. The molecule has 9 nitrogen and oxygen atoms in total. The van der Waals surface area contributed by atoms with Crippen LogP contribution in [0.5, 0.6) is 5.75 Å². The first kappa shape index (κ1) is 23.7. The molecule has 2 aromatic carbocycles. The van der Waals surface area contributed by atoms with E-state index < -0.39 is 22.0 Å². The minimum atomic E-state index is -3.57. The predicted octanol–water partition coefficient (Wildman–Crippen LogP) is 1.86. The van der Waals surface area contributed by atoms with Crippen LogP contribution in [0.1, 0.15) is 17.3 Å². The van der Waals surface area contributed by atoms with Crippen LogP contribution in [-0.4, -0.2) is 76.8 Å². The second-order valence-corrected chi connectivity index (χ2v) is 10.2. The number of carbonyl (C=O) groups is 2. The van der Waals surface area contributed by atoms with Gasteiger partial charge in [-0.25, -0.2) is 12.7 Å². The minimum absolute atomic E-state index is 0.106. The van der Waals surface area contributed by atoms with Gasteiger partial charge in [-0.3, -0.25) is 9.59 Å². The molecule has 0 aliphatic carbocycles. The molecule has 0 fully saturated rings. The summed E-state index contributed by atoms with van der Waals surface area (Å²) < 4.78 is 31.2. The molecule has 2 aromatic rings. The number of sulfonamides is 1. The number of hydrogen-bond acceptors (Lipinski definition) is 6. The molecular formula is C22H28N4O5S. The summed E-state index contributed by atoms with van der Waals surface area (Å²) in [6.07, 6.45) is -0.581. The van der Waals surface area contributed by atoms with Crippen molar-refractivity contribution in [3.05, 3.63) is 48.0 Å². The average Bonchev–Trinajstić information content (AvgIpc) is 2.74. The Morgan fingerprint density at radius 1 is 1.09 bits per heavy atom. The summed E-state index contributed by atoms with van der Waals surface area (Å²) in [6, 6.07) is 10.8. The normalized spacial score (nSPS) is 16.2. The molecule has 172 valence electrons. The zero-order valence-corrected chi connectivity index (χ0v) is 19.6. The third-order valence-electron chi connectivity index (χ3n) is 5.09. The van der Waals surface area contributed by atoms with Gasteiger partial charge in [0.2, 0.25) is 10.0 Å². The summed E-state index contributed by atoms with van der Waals surface area (Å²) in [7, 11) is 3.19. The number of nitrogens with one attached hydrogen (secondary N) is 1. The molecule has 10 heteroatoms. The zero-order valence-electron chi connectivity index (χ0n) is 18.8. The summed E-state index contributed by atoms with van der Waals surface area (Å²) in [5.74, 6) is 0.0441. The van der Waals surface area contributed by atoms with Crippen LogP contribution < -0.4 is 15.0 Å². The van der Waals surface area contributed by atoms with E-state index in [1.807, 2.05) is 19.0 Å². The van der Waals surface area contributed by atoms with Crippen molar-refractivity contribution < 1.29 is 22.7 Å². The number of rotatable bonds is 7. The van der Waals surface area contributed by atoms with Crippen molar-refractivity contribution in [1.29, 1.82) is 0 Å². The molecule has 32 heavy (non-hydrogen) atoms. The second kappa shape index (κ2) is 9.27. The minimum Gasteiger partial charge on any atom is -0.479 e. The van der Waals surface area contributed by atoms with Gasteiger partial charge in [0.25, 0.3) is 11.8 Å². The van der Waals surface area contributed by atoms with E-state index in [0.29, 0.717) is 35.8 Å². The number of anilines is 2. The van der Waals surface area contributed by atoms with Crippen LogP contribution in [0.3, 0.4) is 0 Å². The van der Waals surface area contributed by atoms with Crippen molar-refractivity contribution in [3.8, 4) is 5.75 Å². The number of nitrogens with zero attached hydrogens (tertiary/aromatic N) is 3. The number of benzene rings is 2. The Morgan fingerprint density at radius 3 is 2.34 bits per heavy atom. The maximum absolute atomic E-state index is 12.7. The maximum Gasteiger partial charge on any atom is 0.267 e. The Labute approximate surface area is 188 Å². The summed E-state index contributed by atoms with van der Waals surface area (Å²) >= 11 is 0. The van der Waals surface area contributed by atoms with Crippen LogP contribution in [0.2, 0.25) is 0 Å². The lowest BCUT2D eigenvalue weighted by Gasteiger charge is -2.34. The van der Waals surface area contributed by atoms with Crippen molar-refractivity contribution in [1.82, 2.24) is 9.21 Å². The second-order valence-electron chi connectivity index (χ2n) is 8.00. The number of fused-ring (bicyclic) bond motifs is 1. The van der Waals surface area contributed by atoms with Gasteiger partial charge in [-0.1, -0.05) is 0 Å². The molecule has 2 amide bonds. The van der Waals surface area contributed by atoms with E-state index in [0.717, 1.165) is 4.31 Å². The van der Waals surface area contributed by atoms with Crippen molar-refractivity contribution in [2.75, 3.05) is 51.5 Å². The van der Waals surface area contributed by atoms with Crippen molar-refractivity contribution >= 4 is 33.2 Å². The van der Waals surface area contributed by atoms with E-state index in [4.69, 9.17) is 4.74 Å². The molecular weight excluding hydrogens is 432 g/mol. The van der Waals surface area contributed by atoms with E-state index in [1.54, 1.807) is 30.0 Å². The summed E-state index contributed by atoms with van der Waals surface area (Å²) in [5, 5.41) is 2.80. The molecule has 1 aliphatic rings. The maximum atomic E-state index is 12.7. The highest BCUT2D eigenvalue weighted by Gasteiger charge is 2.31. The van der Waals surface area contributed by atoms with Gasteiger partial charge in [0.1, 0.15) is 5.75 Å². The molecule has 0 bridgehead atoms. The molecule has 0 saturated heterocycles. The van der Waals surface area contributed by atoms with Crippen LogP contribution >= 0.6 is 0 Å². The topological polar surface area (TPSA) is 99.3 Å². The standard InChI is InChI=1S/C22H28N4O5S/c1-15-22(28)26(13-12-24(2)3)19-14-17(8-11-20(19)31-15)23-21(27)16-6-9-18(10-7-16)32(29,30)25(4)5/h6-11,14-15H,12-13H2,1-5H3,(H,23,27). The Bertz CT molecular complexity index is 1110. The summed E-state index contributed by atoms with van der Waals surface area (Å²) in [4.78, 5) is 29.1. The van der Waals surface area contributed by atoms with Crippen molar-refractivity contribution in [2.24, 2.45) is 0 Å². The lowest BCUT2D eigenvalue weighted by Crippen LogP contribution is -2.46. The third-order valence-corrected chi connectivity index (χ3v) is 6.92. The lowest BCUT2D eigenvalue weighted by molar-refractivity contribution is -0.125. The molecule has 1 heterocycles. The first-order valence-electron chi connectivity index (χ1n) is 10.1. The first-order chi connectivity index (χ1) is 15.0. The van der Waals surface area contributed by atoms with Crippen molar-refractivity contribution in [3.63, 3.8) is 0 Å². The number of carbonyl (C=O) groups excluding carboxylic acids is 2. The molecule has 0 saturated carbocycles. The van der Waals surface area contributed by atoms with E-state index >= 15 is 0 Å². The van der Waals surface area contributed by atoms with Gasteiger partial charge in [0, 0.05) is 38.4 Å². The van der Waals surface area contributed by atoms with Gasteiger partial charge in [-0.2, -0.15) is 0 Å². The van der Waals surface area contributed by atoms with Crippen LogP contribution in [0.25, 0.3) is 0 Å².